The predicted octanol–water partition coefficient (Wildman–Crippen LogP) is 5.00. The maximum absolute atomic E-state index is 12.5. The number of amides is 2. The molecule has 0 heterocycles. The smallest absolute Gasteiger partial charge is 0.429 e. The lowest BCUT2D eigenvalue weighted by Gasteiger charge is -2.29. The lowest BCUT2D eigenvalue weighted by Crippen LogP contribution is -2.52. The van der Waals surface area contributed by atoms with Crippen molar-refractivity contribution in [3.05, 3.63) is 48.0 Å². The molecule has 28 heavy (non-hydrogen) atoms. The average Bonchev–Trinajstić information content (AvgIpc) is 2.63. The fourth-order valence-electron chi connectivity index (χ4n) is 2.57. The quantitative estimate of drug-likeness (QED) is 0.356. The van der Waals surface area contributed by atoms with Gasteiger partial charge in [0.2, 0.25) is 0 Å². The minimum absolute atomic E-state index is 0.225. The van der Waals surface area contributed by atoms with Crippen LogP contribution in [0, 0.1) is 0 Å². The van der Waals surface area contributed by atoms with E-state index in [1.165, 1.54) is 10.6 Å². The van der Waals surface area contributed by atoms with E-state index in [1.807, 2.05) is 24.3 Å². The fraction of sp³-hybridized carbons (Fsp3) is 0.524. The van der Waals surface area contributed by atoms with Crippen LogP contribution in [0.5, 0.6) is 0 Å². The molecule has 1 unspecified atom stereocenters. The Balaban J connectivity index is 3.01. The molecule has 2 amide bonds. The summed E-state index contributed by atoms with van der Waals surface area (Å²) in [6.07, 6.45) is 4.26. The largest absolute Gasteiger partial charge is 0.449 e. The van der Waals surface area contributed by atoms with E-state index in [2.05, 4.69) is 43.3 Å². The zero-order valence-corrected chi connectivity index (χ0v) is 18.7. The second-order valence-corrected chi connectivity index (χ2v) is 13.2. The van der Waals surface area contributed by atoms with Gasteiger partial charge in [-0.15, -0.1) is 0 Å². The van der Waals surface area contributed by atoms with E-state index in [1.54, 1.807) is 13.8 Å². The first-order valence-electron chi connectivity index (χ1n) is 9.86. The summed E-state index contributed by atoms with van der Waals surface area (Å²) in [6, 6.07) is 10.7. The average molecular weight is 407 g/mol. The SMILES string of the molecule is CCOC(=O)NN(C(=O)OCC)C(/C=C/C[Si](C)(C)C)CCc1ccccc1. The normalized spacial score (nSPS) is 12.5. The van der Waals surface area contributed by atoms with Gasteiger partial charge >= 0.3 is 12.2 Å². The van der Waals surface area contributed by atoms with Crippen LogP contribution >= 0.6 is 0 Å². The number of hydrogen-bond acceptors (Lipinski definition) is 4. The van der Waals surface area contributed by atoms with Gasteiger partial charge in [-0.3, -0.25) is 0 Å². The van der Waals surface area contributed by atoms with Crippen molar-refractivity contribution in [1.29, 1.82) is 0 Å². The number of benzene rings is 1. The molecule has 0 bridgehead atoms. The second-order valence-electron chi connectivity index (χ2n) is 7.69. The highest BCUT2D eigenvalue weighted by Crippen LogP contribution is 2.15. The minimum atomic E-state index is -1.27. The maximum Gasteiger partial charge on any atom is 0.429 e. The number of allylic oxidation sites excluding steroid dienone is 1. The third-order valence-electron chi connectivity index (χ3n) is 3.94. The molecular formula is C21H34N2O4Si. The summed E-state index contributed by atoms with van der Waals surface area (Å²) in [5.74, 6) is 0. The molecule has 1 N–H and O–H groups in total. The van der Waals surface area contributed by atoms with Crippen LogP contribution in [0.15, 0.2) is 42.5 Å². The van der Waals surface area contributed by atoms with Crippen LogP contribution in [-0.4, -0.2) is 44.5 Å². The number of nitrogens with zero attached hydrogens (tertiary/aromatic N) is 1. The number of nitrogens with one attached hydrogen (secondary N) is 1. The van der Waals surface area contributed by atoms with Gasteiger partial charge in [0.25, 0.3) is 0 Å². The van der Waals surface area contributed by atoms with E-state index in [9.17, 15) is 9.59 Å². The van der Waals surface area contributed by atoms with Gasteiger partial charge < -0.3 is 9.47 Å². The Morgan fingerprint density at radius 3 is 2.32 bits per heavy atom. The summed E-state index contributed by atoms with van der Waals surface area (Å²) in [6.45, 7) is 10.8. The molecule has 0 aliphatic heterocycles. The summed E-state index contributed by atoms with van der Waals surface area (Å²) in [7, 11) is -1.27. The number of aryl methyl sites for hydroxylation is 1. The first kappa shape index (κ1) is 23.8. The van der Waals surface area contributed by atoms with E-state index >= 15 is 0 Å². The molecule has 1 aromatic carbocycles. The number of hydrazine groups is 1. The number of carbonyl (C=O) groups excluding carboxylic acids is 2. The molecule has 0 radical (unpaired) electrons. The van der Waals surface area contributed by atoms with E-state index in [-0.39, 0.29) is 19.3 Å². The summed E-state index contributed by atoms with van der Waals surface area (Å²) in [5.41, 5.74) is 3.72. The minimum Gasteiger partial charge on any atom is -0.449 e. The van der Waals surface area contributed by atoms with Crippen molar-refractivity contribution in [3.8, 4) is 0 Å². The monoisotopic (exact) mass is 406 g/mol. The van der Waals surface area contributed by atoms with Gasteiger partial charge in [-0.25, -0.2) is 20.0 Å². The lowest BCUT2D eigenvalue weighted by molar-refractivity contribution is 0.0620. The van der Waals surface area contributed by atoms with Crippen molar-refractivity contribution in [2.45, 2.75) is 58.4 Å². The van der Waals surface area contributed by atoms with Crippen LogP contribution in [0.3, 0.4) is 0 Å². The first-order valence-corrected chi connectivity index (χ1v) is 13.6. The summed E-state index contributed by atoms with van der Waals surface area (Å²) in [5, 5.41) is 1.24. The number of carbonyl (C=O) groups is 2. The number of hydrogen-bond donors (Lipinski definition) is 1. The third kappa shape index (κ3) is 9.59. The topological polar surface area (TPSA) is 67.9 Å². The molecule has 0 spiro atoms. The Morgan fingerprint density at radius 2 is 1.75 bits per heavy atom. The molecular weight excluding hydrogens is 372 g/mol. The maximum atomic E-state index is 12.5. The molecule has 7 heteroatoms. The highest BCUT2D eigenvalue weighted by molar-refractivity contribution is 6.76. The van der Waals surface area contributed by atoms with Crippen molar-refractivity contribution in [2.24, 2.45) is 0 Å². The Bertz CT molecular complexity index is 629. The van der Waals surface area contributed by atoms with Gasteiger partial charge in [0.15, 0.2) is 0 Å². The van der Waals surface area contributed by atoms with Crippen LogP contribution in [0.2, 0.25) is 25.7 Å². The third-order valence-corrected chi connectivity index (χ3v) is 5.40. The molecule has 0 saturated heterocycles. The standard InChI is InChI=1S/C21H34N2O4Si/c1-6-26-20(24)22-23(21(25)27-7-2)19(14-11-17-28(3,4)5)16-15-18-12-9-8-10-13-18/h8-14,19H,6-7,15-17H2,1-5H3,(H,22,24)/b14-11+. The molecule has 6 nitrogen and oxygen atoms in total. The van der Waals surface area contributed by atoms with Crippen LogP contribution in [0.1, 0.15) is 25.8 Å². The van der Waals surface area contributed by atoms with E-state index in [4.69, 9.17) is 9.47 Å². The van der Waals surface area contributed by atoms with E-state index in [0.29, 0.717) is 6.42 Å². The Kier molecular flexibility index (Phi) is 10.4. The van der Waals surface area contributed by atoms with Gasteiger partial charge in [0, 0.05) is 8.07 Å². The van der Waals surface area contributed by atoms with Crippen molar-refractivity contribution >= 4 is 20.3 Å². The predicted molar refractivity (Wildman–Crippen MR) is 115 cm³/mol. The van der Waals surface area contributed by atoms with Crippen molar-refractivity contribution in [1.82, 2.24) is 10.4 Å². The number of rotatable bonds is 9. The highest BCUT2D eigenvalue weighted by Gasteiger charge is 2.26. The Hall–Kier alpha value is -2.28. The molecule has 0 aliphatic carbocycles. The van der Waals surface area contributed by atoms with E-state index < -0.39 is 20.3 Å². The molecule has 1 rings (SSSR count). The van der Waals surface area contributed by atoms with Crippen LogP contribution < -0.4 is 5.43 Å². The van der Waals surface area contributed by atoms with Gasteiger partial charge in [0.05, 0.1) is 19.3 Å². The molecule has 0 saturated carbocycles. The summed E-state index contributed by atoms with van der Waals surface area (Å²) in [4.78, 5) is 24.5. The van der Waals surface area contributed by atoms with Gasteiger partial charge in [-0.05, 0) is 38.3 Å². The zero-order valence-electron chi connectivity index (χ0n) is 17.7. The van der Waals surface area contributed by atoms with Crippen LogP contribution in [-0.2, 0) is 15.9 Å². The first-order chi connectivity index (χ1) is 13.3. The second kappa shape index (κ2) is 12.2. The Morgan fingerprint density at radius 1 is 1.11 bits per heavy atom. The lowest BCUT2D eigenvalue weighted by atomic mass is 10.0. The van der Waals surface area contributed by atoms with Crippen molar-refractivity contribution in [3.63, 3.8) is 0 Å². The highest BCUT2D eigenvalue weighted by atomic mass is 28.3. The molecule has 1 atom stereocenters. The molecule has 0 aliphatic rings. The van der Waals surface area contributed by atoms with Gasteiger partial charge in [0.1, 0.15) is 0 Å². The van der Waals surface area contributed by atoms with Gasteiger partial charge in [-0.1, -0.05) is 62.1 Å². The summed E-state index contributed by atoms with van der Waals surface area (Å²) < 4.78 is 10.1. The van der Waals surface area contributed by atoms with Crippen molar-refractivity contribution in [2.75, 3.05) is 13.2 Å². The molecule has 0 aromatic heterocycles. The summed E-state index contributed by atoms with van der Waals surface area (Å²) >= 11 is 0. The molecule has 1 aromatic rings. The molecule has 0 fully saturated rings. The number of ether oxygens (including phenoxy) is 2. The fourth-order valence-corrected chi connectivity index (χ4v) is 3.41. The Labute approximate surface area is 169 Å². The van der Waals surface area contributed by atoms with Crippen LogP contribution in [0.25, 0.3) is 0 Å². The van der Waals surface area contributed by atoms with Gasteiger partial charge in [-0.2, -0.15) is 0 Å². The molecule has 156 valence electrons. The zero-order chi connectivity index (χ0) is 21.0. The van der Waals surface area contributed by atoms with E-state index in [0.717, 1.165) is 12.5 Å². The van der Waals surface area contributed by atoms with Crippen LogP contribution in [0.4, 0.5) is 9.59 Å². The van der Waals surface area contributed by atoms with Crippen molar-refractivity contribution < 1.29 is 19.1 Å².